The fraction of sp³-hybridized carbons (Fsp3) is 0.581. The van der Waals surface area contributed by atoms with Gasteiger partial charge < -0.3 is 25.0 Å². The monoisotopic (exact) mass is 635 g/mol. The van der Waals surface area contributed by atoms with E-state index in [4.69, 9.17) is 30.1 Å². The first-order valence-electron chi connectivity index (χ1n) is 15.3. The van der Waals surface area contributed by atoms with E-state index < -0.39 is 17.2 Å². The second kappa shape index (κ2) is 10.7. The van der Waals surface area contributed by atoms with E-state index >= 15 is 0 Å². The molecule has 0 amide bonds. The van der Waals surface area contributed by atoms with Crippen LogP contribution in [-0.2, 0) is 23.2 Å². The first-order chi connectivity index (χ1) is 21.4. The molecule has 0 bridgehead atoms. The normalized spacial score (nSPS) is 24.1. The van der Waals surface area contributed by atoms with E-state index in [9.17, 15) is 14.8 Å². The molecule has 3 aliphatic rings. The van der Waals surface area contributed by atoms with Crippen LogP contribution in [0, 0.1) is 11.3 Å². The average molecular weight is 636 g/mol. The predicted molar refractivity (Wildman–Crippen MR) is 168 cm³/mol. The second-order valence-electron chi connectivity index (χ2n) is 13.5. The van der Waals surface area contributed by atoms with E-state index in [1.54, 1.807) is 20.0 Å². The Labute approximate surface area is 264 Å². The van der Waals surface area contributed by atoms with Gasteiger partial charge in [-0.25, -0.2) is 19.0 Å². The SMILES string of the molecule is C[C@@H]([C@@H]1C[C@@H](F)CN1C)n1ncc2c(N(C)CC(C)(C)O)nc(-c3noc4c3COC[C@@]43CCCc4sc(N)c(C#N)c43)nc21. The molecule has 4 aromatic rings. The number of alkyl halides is 1. The number of fused-ring (bicyclic) bond motifs is 5. The summed E-state index contributed by atoms with van der Waals surface area (Å²) in [7, 11) is 3.80. The predicted octanol–water partition coefficient (Wildman–Crippen LogP) is 3.96. The van der Waals surface area contributed by atoms with E-state index in [-0.39, 0.29) is 18.7 Å². The standard InChI is InChI=1S/C31H38FN9O3S/c1-16(21-9-17(32)12-39(21)4)41-29-19(11-35-41)28(40(5)14-30(2,3)42)36-27(37-29)24-20-13-43-15-31(25(20)44-38-24)8-6-7-22-23(31)18(10-33)26(34)45-22/h11,16-17,21,42H,6-9,12-15,34H2,1-5H3/t16-,17+,21-,31+/m0/s1. The third kappa shape index (κ3) is 4.79. The van der Waals surface area contributed by atoms with Crippen LogP contribution in [0.5, 0.6) is 0 Å². The van der Waals surface area contributed by atoms with Gasteiger partial charge in [-0.1, -0.05) is 5.16 Å². The van der Waals surface area contributed by atoms with Crippen molar-refractivity contribution in [2.24, 2.45) is 0 Å². The first kappa shape index (κ1) is 30.0. The minimum absolute atomic E-state index is 0.0555. The maximum atomic E-state index is 14.4. The molecular weight excluding hydrogens is 597 g/mol. The molecule has 6 heterocycles. The number of anilines is 2. The molecule has 238 valence electrons. The van der Waals surface area contributed by atoms with Crippen LogP contribution in [0.3, 0.4) is 0 Å². The molecule has 1 aliphatic carbocycles. The van der Waals surface area contributed by atoms with Gasteiger partial charge in [-0.2, -0.15) is 10.4 Å². The van der Waals surface area contributed by atoms with Crippen molar-refractivity contribution in [1.82, 2.24) is 29.8 Å². The average Bonchev–Trinajstić information content (AvgIpc) is 3.75. The summed E-state index contributed by atoms with van der Waals surface area (Å²) in [5.74, 6) is 1.58. The van der Waals surface area contributed by atoms with E-state index in [0.717, 1.165) is 35.3 Å². The number of nitrogens with zero attached hydrogens (tertiary/aromatic N) is 8. The molecule has 3 N–H and O–H groups in total. The molecule has 12 nitrogen and oxygen atoms in total. The molecule has 45 heavy (non-hydrogen) atoms. The Hall–Kier alpha value is -3.64. The number of halogens is 1. The summed E-state index contributed by atoms with van der Waals surface area (Å²) in [6, 6.07) is 2.10. The molecule has 2 aliphatic heterocycles. The van der Waals surface area contributed by atoms with E-state index in [1.807, 2.05) is 35.5 Å². The highest BCUT2D eigenvalue weighted by molar-refractivity contribution is 7.16. The van der Waals surface area contributed by atoms with Crippen LogP contribution in [0.2, 0.25) is 0 Å². The van der Waals surface area contributed by atoms with Crippen molar-refractivity contribution >= 4 is 33.2 Å². The lowest BCUT2D eigenvalue weighted by atomic mass is 9.68. The Bertz CT molecular complexity index is 1820. The number of likely N-dealkylation sites (tertiary alicyclic amines) is 1. The number of nitriles is 1. The number of nitrogen functional groups attached to an aromatic ring is 1. The van der Waals surface area contributed by atoms with Crippen molar-refractivity contribution in [3.8, 4) is 17.6 Å². The zero-order chi connectivity index (χ0) is 31.8. The van der Waals surface area contributed by atoms with Gasteiger partial charge in [0.1, 0.15) is 23.1 Å². The number of thiophene rings is 1. The van der Waals surface area contributed by atoms with E-state index in [0.29, 0.717) is 70.8 Å². The minimum Gasteiger partial charge on any atom is -0.389 e. The fourth-order valence-corrected chi connectivity index (χ4v) is 8.84. The molecule has 1 saturated heterocycles. The van der Waals surface area contributed by atoms with Crippen LogP contribution in [0.15, 0.2) is 10.7 Å². The number of aryl methyl sites for hydroxylation is 1. The van der Waals surface area contributed by atoms with Gasteiger partial charge in [0.15, 0.2) is 22.9 Å². The molecule has 1 spiro atoms. The Balaban J connectivity index is 1.39. The maximum Gasteiger partial charge on any atom is 0.186 e. The molecule has 1 fully saturated rings. The van der Waals surface area contributed by atoms with Crippen LogP contribution in [0.1, 0.15) is 73.4 Å². The fourth-order valence-electron chi connectivity index (χ4n) is 7.68. The molecule has 0 radical (unpaired) electrons. The number of rotatable bonds is 6. The van der Waals surface area contributed by atoms with Crippen LogP contribution >= 0.6 is 11.3 Å². The summed E-state index contributed by atoms with van der Waals surface area (Å²) < 4.78 is 28.6. The molecule has 7 rings (SSSR count). The Morgan fingerprint density at radius 2 is 2.18 bits per heavy atom. The van der Waals surface area contributed by atoms with E-state index in [2.05, 4.69) is 11.2 Å². The number of likely N-dealkylation sites (N-methyl/N-ethyl adjacent to an activating group) is 2. The highest BCUT2D eigenvalue weighted by atomic mass is 32.1. The zero-order valence-corrected chi connectivity index (χ0v) is 27.0. The summed E-state index contributed by atoms with van der Waals surface area (Å²) in [5, 5.41) is 31.2. The largest absolute Gasteiger partial charge is 0.389 e. The Morgan fingerprint density at radius 3 is 2.89 bits per heavy atom. The maximum absolute atomic E-state index is 14.4. The first-order valence-corrected chi connectivity index (χ1v) is 16.2. The third-order valence-corrected chi connectivity index (χ3v) is 10.6. The lowest BCUT2D eigenvalue weighted by Crippen LogP contribution is -2.40. The van der Waals surface area contributed by atoms with Crippen molar-refractivity contribution in [3.05, 3.63) is 33.5 Å². The number of hydrogen-bond donors (Lipinski definition) is 2. The minimum atomic E-state index is -0.995. The number of nitrogens with two attached hydrogens (primary N) is 1. The van der Waals surface area contributed by atoms with Crippen molar-refractivity contribution < 1.29 is 18.8 Å². The van der Waals surface area contributed by atoms with Crippen molar-refractivity contribution in [1.29, 1.82) is 5.26 Å². The Morgan fingerprint density at radius 1 is 1.38 bits per heavy atom. The highest BCUT2D eigenvalue weighted by Crippen LogP contribution is 2.52. The molecule has 4 aromatic heterocycles. The lowest BCUT2D eigenvalue weighted by molar-refractivity contribution is 0.0459. The molecule has 0 unspecified atom stereocenters. The topological polar surface area (TPSA) is 155 Å². The molecule has 4 atom stereocenters. The summed E-state index contributed by atoms with van der Waals surface area (Å²) in [6.07, 6.45) is 3.74. The third-order valence-electron chi connectivity index (χ3n) is 9.55. The van der Waals surface area contributed by atoms with Gasteiger partial charge >= 0.3 is 0 Å². The van der Waals surface area contributed by atoms with Gasteiger partial charge in [0.25, 0.3) is 0 Å². The highest BCUT2D eigenvalue weighted by Gasteiger charge is 2.50. The second-order valence-corrected chi connectivity index (χ2v) is 14.6. The molecule has 0 aromatic carbocycles. The van der Waals surface area contributed by atoms with Gasteiger partial charge in [-0.05, 0) is 53.5 Å². The van der Waals surface area contributed by atoms with Crippen molar-refractivity contribution in [2.45, 2.75) is 82.3 Å². The summed E-state index contributed by atoms with van der Waals surface area (Å²) >= 11 is 1.46. The van der Waals surface area contributed by atoms with Gasteiger partial charge in [0.05, 0.1) is 53.0 Å². The smallest absolute Gasteiger partial charge is 0.186 e. The molecule has 14 heteroatoms. The van der Waals surface area contributed by atoms with Crippen molar-refractivity contribution in [3.63, 3.8) is 0 Å². The van der Waals surface area contributed by atoms with Gasteiger partial charge in [-0.3, -0.25) is 4.90 Å². The summed E-state index contributed by atoms with van der Waals surface area (Å²) in [5.41, 5.74) is 7.80. The number of ether oxygens (including phenoxy) is 1. The zero-order valence-electron chi connectivity index (χ0n) is 26.2. The van der Waals surface area contributed by atoms with Gasteiger partial charge in [-0.15, -0.1) is 11.3 Å². The summed E-state index contributed by atoms with van der Waals surface area (Å²) in [6.45, 7) is 6.82. The number of aliphatic hydroxyl groups is 1. The van der Waals surface area contributed by atoms with E-state index in [1.165, 1.54) is 11.3 Å². The van der Waals surface area contributed by atoms with Gasteiger partial charge in [0, 0.05) is 36.6 Å². The van der Waals surface area contributed by atoms with Crippen LogP contribution in [0.25, 0.3) is 22.6 Å². The summed E-state index contributed by atoms with van der Waals surface area (Å²) in [4.78, 5) is 15.0. The van der Waals surface area contributed by atoms with Crippen LogP contribution in [0.4, 0.5) is 15.2 Å². The van der Waals surface area contributed by atoms with Gasteiger partial charge in [0.2, 0.25) is 0 Å². The number of aromatic nitrogens is 5. The quantitative estimate of drug-likeness (QED) is 0.316. The number of hydrogen-bond acceptors (Lipinski definition) is 12. The Kier molecular flexibility index (Phi) is 7.16. The van der Waals surface area contributed by atoms with Crippen LogP contribution in [-0.4, -0.2) is 86.5 Å². The van der Waals surface area contributed by atoms with Crippen molar-refractivity contribution in [2.75, 3.05) is 44.4 Å². The lowest BCUT2D eigenvalue weighted by Gasteiger charge is -2.38. The van der Waals surface area contributed by atoms with Crippen LogP contribution < -0.4 is 10.6 Å². The molecule has 0 saturated carbocycles. The molecular formula is C31H38FN9O3S.